The summed E-state index contributed by atoms with van der Waals surface area (Å²) in [6.45, 7) is 9.13. The Hall–Kier alpha value is -0.0400. The van der Waals surface area contributed by atoms with Crippen LogP contribution >= 0.6 is 0 Å². The van der Waals surface area contributed by atoms with E-state index in [1.54, 1.807) is 0 Å². The van der Waals surface area contributed by atoms with Crippen LogP contribution in [0.2, 0.25) is 0 Å². The van der Waals surface area contributed by atoms with Crippen LogP contribution in [0.4, 0.5) is 0 Å². The highest BCUT2D eigenvalue weighted by molar-refractivity contribution is 4.95. The van der Waals surface area contributed by atoms with E-state index in [1.807, 2.05) is 0 Å². The third-order valence-corrected chi connectivity index (χ3v) is 3.76. The summed E-state index contributed by atoms with van der Waals surface area (Å²) >= 11 is 0. The molecule has 0 amide bonds. The molecule has 3 unspecified atom stereocenters. The summed E-state index contributed by atoms with van der Waals surface area (Å²) in [6.07, 6.45) is 2.82. The highest BCUT2D eigenvalue weighted by Crippen LogP contribution is 2.53. The van der Waals surface area contributed by atoms with E-state index in [0.29, 0.717) is 17.4 Å². The molecule has 1 heteroatoms. The maximum atomic E-state index is 5.86. The molecule has 1 fully saturated rings. The van der Waals surface area contributed by atoms with Crippen LogP contribution in [0, 0.1) is 17.3 Å². The molecule has 1 aliphatic rings. The van der Waals surface area contributed by atoms with Crippen LogP contribution in [-0.2, 0) is 0 Å². The van der Waals surface area contributed by atoms with Crippen molar-refractivity contribution in [3.63, 3.8) is 0 Å². The van der Waals surface area contributed by atoms with E-state index in [-0.39, 0.29) is 0 Å². The maximum absolute atomic E-state index is 5.86. The lowest BCUT2D eigenvalue weighted by Gasteiger charge is -2.28. The molecular formula is C10H21N. The van der Waals surface area contributed by atoms with Gasteiger partial charge in [-0.3, -0.25) is 0 Å². The fourth-order valence-electron chi connectivity index (χ4n) is 1.74. The van der Waals surface area contributed by atoms with E-state index in [2.05, 4.69) is 27.7 Å². The predicted molar refractivity (Wildman–Crippen MR) is 49.3 cm³/mol. The molecule has 0 saturated heterocycles. The smallest absolute Gasteiger partial charge is 0.00388 e. The van der Waals surface area contributed by atoms with E-state index in [4.69, 9.17) is 5.73 Å². The van der Waals surface area contributed by atoms with Gasteiger partial charge in [0, 0.05) is 6.04 Å². The fraction of sp³-hybridized carbons (Fsp3) is 1.00. The Bertz CT molecular complexity index is 136. The average molecular weight is 155 g/mol. The topological polar surface area (TPSA) is 26.0 Å². The number of rotatable bonds is 3. The summed E-state index contributed by atoms with van der Waals surface area (Å²) in [5.41, 5.74) is 6.49. The largest absolute Gasteiger partial charge is 0.328 e. The molecule has 1 aliphatic carbocycles. The van der Waals surface area contributed by atoms with Crippen molar-refractivity contribution in [3.8, 4) is 0 Å². The molecule has 66 valence electrons. The quantitative estimate of drug-likeness (QED) is 0.665. The minimum absolute atomic E-state index is 0.349. The van der Waals surface area contributed by atoms with Crippen molar-refractivity contribution in [1.29, 1.82) is 0 Å². The van der Waals surface area contributed by atoms with Gasteiger partial charge in [0.05, 0.1) is 0 Å². The van der Waals surface area contributed by atoms with Crippen molar-refractivity contribution in [2.45, 2.75) is 46.6 Å². The van der Waals surface area contributed by atoms with Crippen LogP contribution in [0.1, 0.15) is 40.5 Å². The van der Waals surface area contributed by atoms with Gasteiger partial charge in [-0.2, -0.15) is 0 Å². The van der Waals surface area contributed by atoms with Crippen molar-refractivity contribution in [1.82, 2.24) is 0 Å². The van der Waals surface area contributed by atoms with Gasteiger partial charge in [0.25, 0.3) is 0 Å². The SMILES string of the molecule is CC(N)C(C)C(C)C1(C)CC1. The summed E-state index contributed by atoms with van der Waals surface area (Å²) in [4.78, 5) is 0. The molecule has 2 N–H and O–H groups in total. The van der Waals surface area contributed by atoms with E-state index >= 15 is 0 Å². The molecule has 0 aromatic rings. The molecule has 0 radical (unpaired) electrons. The van der Waals surface area contributed by atoms with Gasteiger partial charge in [0.2, 0.25) is 0 Å². The van der Waals surface area contributed by atoms with Gasteiger partial charge in [-0.25, -0.2) is 0 Å². The van der Waals surface area contributed by atoms with E-state index in [1.165, 1.54) is 12.8 Å². The van der Waals surface area contributed by atoms with E-state index in [0.717, 1.165) is 5.92 Å². The fourth-order valence-corrected chi connectivity index (χ4v) is 1.74. The summed E-state index contributed by atoms with van der Waals surface area (Å²) in [5, 5.41) is 0. The van der Waals surface area contributed by atoms with E-state index in [9.17, 15) is 0 Å². The zero-order valence-electron chi connectivity index (χ0n) is 8.22. The second kappa shape index (κ2) is 2.78. The number of hydrogen-bond donors (Lipinski definition) is 1. The lowest BCUT2D eigenvalue weighted by molar-refractivity contribution is 0.233. The van der Waals surface area contributed by atoms with Crippen molar-refractivity contribution in [2.75, 3.05) is 0 Å². The van der Waals surface area contributed by atoms with Crippen molar-refractivity contribution < 1.29 is 0 Å². The highest BCUT2D eigenvalue weighted by atomic mass is 14.6. The maximum Gasteiger partial charge on any atom is 0.00388 e. The monoisotopic (exact) mass is 155 g/mol. The molecule has 0 aromatic heterocycles. The van der Waals surface area contributed by atoms with Crippen molar-refractivity contribution in [3.05, 3.63) is 0 Å². The van der Waals surface area contributed by atoms with Crippen LogP contribution in [0.15, 0.2) is 0 Å². The first-order valence-electron chi connectivity index (χ1n) is 4.73. The average Bonchev–Trinajstić information content (AvgIpc) is 2.66. The van der Waals surface area contributed by atoms with Gasteiger partial charge in [-0.05, 0) is 37.0 Å². The van der Waals surface area contributed by atoms with Crippen LogP contribution in [0.5, 0.6) is 0 Å². The predicted octanol–water partition coefficient (Wildman–Crippen LogP) is 2.41. The van der Waals surface area contributed by atoms with Gasteiger partial charge >= 0.3 is 0 Å². The van der Waals surface area contributed by atoms with Crippen LogP contribution in [-0.4, -0.2) is 6.04 Å². The van der Waals surface area contributed by atoms with Crippen molar-refractivity contribution in [2.24, 2.45) is 23.0 Å². The Kier molecular flexibility index (Phi) is 2.29. The van der Waals surface area contributed by atoms with E-state index < -0.39 is 0 Å². The molecule has 3 atom stereocenters. The summed E-state index contributed by atoms with van der Waals surface area (Å²) < 4.78 is 0. The molecule has 1 saturated carbocycles. The Labute approximate surface area is 70.4 Å². The Morgan fingerprint density at radius 3 is 1.91 bits per heavy atom. The molecule has 1 rings (SSSR count). The normalized spacial score (nSPS) is 29.2. The van der Waals surface area contributed by atoms with Gasteiger partial charge in [0.15, 0.2) is 0 Å². The minimum Gasteiger partial charge on any atom is -0.328 e. The molecule has 1 nitrogen and oxygen atoms in total. The Morgan fingerprint density at radius 2 is 1.64 bits per heavy atom. The lowest BCUT2D eigenvalue weighted by Crippen LogP contribution is -2.32. The molecule has 0 aliphatic heterocycles. The van der Waals surface area contributed by atoms with Gasteiger partial charge in [0.1, 0.15) is 0 Å². The summed E-state index contributed by atoms with van der Waals surface area (Å²) in [7, 11) is 0. The molecule has 0 spiro atoms. The molecule has 11 heavy (non-hydrogen) atoms. The second-order valence-electron chi connectivity index (χ2n) is 4.66. The minimum atomic E-state index is 0.349. The van der Waals surface area contributed by atoms with Crippen molar-refractivity contribution >= 4 is 0 Å². The first-order chi connectivity index (χ1) is 4.97. The number of hydrogen-bond acceptors (Lipinski definition) is 1. The van der Waals surface area contributed by atoms with Gasteiger partial charge in [-0.15, -0.1) is 0 Å². The number of nitrogens with two attached hydrogens (primary N) is 1. The summed E-state index contributed by atoms with van der Waals surface area (Å²) in [6, 6.07) is 0.349. The standard InChI is InChI=1S/C10H21N/c1-7(9(3)11)8(2)10(4)5-6-10/h7-9H,5-6,11H2,1-4H3. The second-order valence-corrected chi connectivity index (χ2v) is 4.66. The third kappa shape index (κ3) is 1.76. The molecular weight excluding hydrogens is 134 g/mol. The Balaban J connectivity index is 2.46. The van der Waals surface area contributed by atoms with Gasteiger partial charge < -0.3 is 5.73 Å². The lowest BCUT2D eigenvalue weighted by atomic mass is 9.79. The van der Waals surface area contributed by atoms with Crippen LogP contribution in [0.25, 0.3) is 0 Å². The zero-order chi connectivity index (χ0) is 8.65. The Morgan fingerprint density at radius 1 is 1.18 bits per heavy atom. The third-order valence-electron chi connectivity index (χ3n) is 3.76. The zero-order valence-corrected chi connectivity index (χ0v) is 8.22. The first-order valence-corrected chi connectivity index (χ1v) is 4.73. The summed E-state index contributed by atoms with van der Waals surface area (Å²) in [5.74, 6) is 1.46. The molecule has 0 bridgehead atoms. The van der Waals surface area contributed by atoms with Crippen LogP contribution in [0.3, 0.4) is 0 Å². The molecule has 0 aromatic carbocycles. The highest BCUT2D eigenvalue weighted by Gasteiger charge is 2.44. The van der Waals surface area contributed by atoms with Crippen LogP contribution < -0.4 is 5.73 Å². The molecule has 0 heterocycles. The van der Waals surface area contributed by atoms with Gasteiger partial charge in [-0.1, -0.05) is 20.8 Å². The first kappa shape index (κ1) is 9.05.